The molecule has 0 saturated carbocycles. The fraction of sp³-hybridized carbons (Fsp3) is 0.300. The summed E-state index contributed by atoms with van der Waals surface area (Å²) in [7, 11) is 0. The number of aliphatic hydroxyl groups is 1. The normalized spacial score (nSPS) is 19.3. The number of carbonyl (C=O) groups excluding carboxylic acids is 1. The van der Waals surface area contributed by atoms with Crippen molar-refractivity contribution in [2.24, 2.45) is 0 Å². The number of benzene rings is 1. The van der Waals surface area contributed by atoms with Crippen molar-refractivity contribution in [3.63, 3.8) is 0 Å². The van der Waals surface area contributed by atoms with Crippen molar-refractivity contribution < 1.29 is 19.8 Å². The summed E-state index contributed by atoms with van der Waals surface area (Å²) in [6.07, 6.45) is 0.425. The zero-order chi connectivity index (χ0) is 19.0. The fourth-order valence-electron chi connectivity index (χ4n) is 3.72. The molecule has 27 heavy (non-hydrogen) atoms. The lowest BCUT2D eigenvalue weighted by Gasteiger charge is -2.31. The second-order valence-electron chi connectivity index (χ2n) is 6.78. The summed E-state index contributed by atoms with van der Waals surface area (Å²) in [4.78, 5) is 26.8. The molecule has 0 spiro atoms. The molecule has 0 fully saturated rings. The standard InChI is InChI=1S/C20H20N2O4S/c23-8-7-14(17-2-1-9-27-17)19(24)22-10-15-16(11-22)21-18(15)12-3-5-13(6-4-12)20(25)26/h1-6,9,14,18,21,23H,7-8,10-11H2,(H,25,26). The molecule has 7 heteroatoms. The molecule has 2 aromatic rings. The lowest BCUT2D eigenvalue weighted by atomic mass is 9.91. The second kappa shape index (κ2) is 7.17. The van der Waals surface area contributed by atoms with E-state index in [0.29, 0.717) is 19.5 Å². The van der Waals surface area contributed by atoms with E-state index < -0.39 is 5.97 Å². The highest BCUT2D eigenvalue weighted by Gasteiger charge is 2.40. The van der Waals surface area contributed by atoms with Crippen LogP contribution in [0.1, 0.15) is 39.2 Å². The molecule has 2 aliphatic rings. The van der Waals surface area contributed by atoms with Crippen molar-refractivity contribution in [3.05, 3.63) is 69.1 Å². The van der Waals surface area contributed by atoms with Crippen LogP contribution in [0.3, 0.4) is 0 Å². The number of amides is 1. The quantitative estimate of drug-likeness (QED) is 0.711. The van der Waals surface area contributed by atoms with Gasteiger partial charge in [0.15, 0.2) is 0 Å². The summed E-state index contributed by atoms with van der Waals surface area (Å²) in [5.74, 6) is -1.20. The molecule has 6 nitrogen and oxygen atoms in total. The molecule has 3 heterocycles. The molecule has 2 aliphatic heterocycles. The Bertz CT molecular complexity index is 889. The average molecular weight is 384 g/mol. The summed E-state index contributed by atoms with van der Waals surface area (Å²) in [5.41, 5.74) is 3.52. The Balaban J connectivity index is 1.45. The molecule has 1 aromatic heterocycles. The molecule has 3 N–H and O–H groups in total. The Hall–Kier alpha value is -2.64. The van der Waals surface area contributed by atoms with Crippen LogP contribution >= 0.6 is 11.3 Å². The molecular formula is C20H20N2O4S. The van der Waals surface area contributed by atoms with Crippen LogP contribution in [0, 0.1) is 0 Å². The van der Waals surface area contributed by atoms with E-state index in [4.69, 9.17) is 5.11 Å². The summed E-state index contributed by atoms with van der Waals surface area (Å²) < 4.78 is 0. The Morgan fingerprint density at radius 1 is 1.22 bits per heavy atom. The molecule has 4 rings (SSSR count). The van der Waals surface area contributed by atoms with Crippen molar-refractivity contribution in [3.8, 4) is 0 Å². The number of thiophene rings is 1. The van der Waals surface area contributed by atoms with E-state index in [9.17, 15) is 14.7 Å². The van der Waals surface area contributed by atoms with Crippen molar-refractivity contribution in [1.82, 2.24) is 10.2 Å². The molecular weight excluding hydrogens is 364 g/mol. The van der Waals surface area contributed by atoms with Crippen LogP contribution in [0.25, 0.3) is 0 Å². The Morgan fingerprint density at radius 3 is 2.63 bits per heavy atom. The maximum Gasteiger partial charge on any atom is 0.335 e. The fourth-order valence-corrected chi connectivity index (χ4v) is 4.58. The number of carboxylic acids is 1. The summed E-state index contributed by atoms with van der Waals surface area (Å²) in [6, 6.07) is 10.7. The van der Waals surface area contributed by atoms with Gasteiger partial charge in [-0.1, -0.05) is 18.2 Å². The van der Waals surface area contributed by atoms with Crippen LogP contribution < -0.4 is 5.32 Å². The molecule has 0 bridgehead atoms. The number of hydrogen-bond donors (Lipinski definition) is 3. The zero-order valence-electron chi connectivity index (χ0n) is 14.6. The Kier molecular flexibility index (Phi) is 4.72. The minimum absolute atomic E-state index is 0.0217. The SMILES string of the molecule is O=C(O)c1ccc(C2NC3=C2CN(C(=O)C(CCO)c2cccs2)C3)cc1. The summed E-state index contributed by atoms with van der Waals surface area (Å²) in [6.45, 7) is 1.11. The number of nitrogens with one attached hydrogen (secondary N) is 1. The zero-order valence-corrected chi connectivity index (χ0v) is 15.4. The number of aliphatic hydroxyl groups excluding tert-OH is 1. The van der Waals surface area contributed by atoms with Crippen molar-refractivity contribution >= 4 is 23.2 Å². The van der Waals surface area contributed by atoms with Gasteiger partial charge in [-0.2, -0.15) is 0 Å². The maximum atomic E-state index is 13.0. The van der Waals surface area contributed by atoms with E-state index >= 15 is 0 Å². The highest BCUT2D eigenvalue weighted by molar-refractivity contribution is 7.10. The van der Waals surface area contributed by atoms with Crippen LogP contribution in [0.5, 0.6) is 0 Å². The average Bonchev–Trinajstić information content (AvgIpc) is 3.29. The lowest BCUT2D eigenvalue weighted by molar-refractivity contribution is -0.131. The summed E-state index contributed by atoms with van der Waals surface area (Å²) >= 11 is 1.54. The van der Waals surface area contributed by atoms with E-state index in [-0.39, 0.29) is 30.0 Å². The Morgan fingerprint density at radius 2 is 2.00 bits per heavy atom. The van der Waals surface area contributed by atoms with E-state index in [0.717, 1.165) is 16.1 Å². The van der Waals surface area contributed by atoms with Gasteiger partial charge in [0.25, 0.3) is 0 Å². The van der Waals surface area contributed by atoms with Crippen LogP contribution in [-0.4, -0.2) is 46.7 Å². The first-order valence-corrected chi connectivity index (χ1v) is 9.71. The first-order valence-electron chi connectivity index (χ1n) is 8.83. The number of aromatic carboxylic acids is 1. The molecule has 1 amide bonds. The maximum absolute atomic E-state index is 13.0. The van der Waals surface area contributed by atoms with Crippen molar-refractivity contribution in [1.29, 1.82) is 0 Å². The first-order chi connectivity index (χ1) is 13.1. The molecule has 2 atom stereocenters. The topological polar surface area (TPSA) is 89.9 Å². The molecule has 0 radical (unpaired) electrons. The van der Waals surface area contributed by atoms with Gasteiger partial charge >= 0.3 is 5.97 Å². The third-order valence-corrected chi connectivity index (χ3v) is 6.16. The molecule has 0 aliphatic carbocycles. The number of nitrogens with zero attached hydrogens (tertiary/aromatic N) is 1. The van der Waals surface area contributed by atoms with Crippen molar-refractivity contribution in [2.45, 2.75) is 18.4 Å². The molecule has 1 aromatic carbocycles. The smallest absolute Gasteiger partial charge is 0.335 e. The number of carboxylic acid groups (broad SMARTS) is 1. The van der Waals surface area contributed by atoms with E-state index in [2.05, 4.69) is 5.32 Å². The predicted octanol–water partition coefficient (Wildman–Crippen LogP) is 2.35. The molecule has 140 valence electrons. The van der Waals surface area contributed by atoms with Crippen molar-refractivity contribution in [2.75, 3.05) is 19.7 Å². The minimum atomic E-state index is -0.941. The number of hydrogen-bond acceptors (Lipinski definition) is 5. The monoisotopic (exact) mass is 384 g/mol. The third kappa shape index (κ3) is 3.24. The number of rotatable bonds is 6. The highest BCUT2D eigenvalue weighted by atomic mass is 32.1. The third-order valence-electron chi connectivity index (χ3n) is 5.17. The van der Waals surface area contributed by atoms with Crippen LogP contribution in [-0.2, 0) is 4.79 Å². The van der Waals surface area contributed by atoms with Gasteiger partial charge in [-0.15, -0.1) is 11.3 Å². The van der Waals surface area contributed by atoms with Gasteiger partial charge in [-0.3, -0.25) is 4.79 Å². The van der Waals surface area contributed by atoms with Gasteiger partial charge in [0.05, 0.1) is 24.1 Å². The van der Waals surface area contributed by atoms with Gasteiger partial charge in [0.1, 0.15) is 0 Å². The van der Waals surface area contributed by atoms with E-state index in [1.54, 1.807) is 23.5 Å². The second-order valence-corrected chi connectivity index (χ2v) is 7.76. The minimum Gasteiger partial charge on any atom is -0.478 e. The molecule has 0 saturated heterocycles. The van der Waals surface area contributed by atoms with Gasteiger partial charge in [-0.05, 0) is 41.1 Å². The van der Waals surface area contributed by atoms with Crippen LogP contribution in [0.15, 0.2) is 53.0 Å². The predicted molar refractivity (Wildman–Crippen MR) is 102 cm³/mol. The molecule has 2 unspecified atom stereocenters. The van der Waals surface area contributed by atoms with Crippen LogP contribution in [0.2, 0.25) is 0 Å². The highest BCUT2D eigenvalue weighted by Crippen LogP contribution is 2.39. The van der Waals surface area contributed by atoms with Gasteiger partial charge in [-0.25, -0.2) is 4.79 Å². The van der Waals surface area contributed by atoms with E-state index in [1.165, 1.54) is 5.57 Å². The first kappa shape index (κ1) is 17.8. The number of carbonyl (C=O) groups is 2. The lowest BCUT2D eigenvalue weighted by Crippen LogP contribution is -2.34. The summed E-state index contributed by atoms with van der Waals surface area (Å²) in [5, 5.41) is 23.7. The largest absolute Gasteiger partial charge is 0.478 e. The van der Waals surface area contributed by atoms with Crippen LogP contribution in [0.4, 0.5) is 0 Å². The van der Waals surface area contributed by atoms with E-state index in [1.807, 2.05) is 34.5 Å². The Labute approximate surface area is 160 Å². The van der Waals surface area contributed by atoms with Gasteiger partial charge in [0.2, 0.25) is 5.91 Å². The van der Waals surface area contributed by atoms with Gasteiger partial charge < -0.3 is 20.4 Å². The van der Waals surface area contributed by atoms with Gasteiger partial charge in [0, 0.05) is 23.7 Å².